The van der Waals surface area contributed by atoms with E-state index in [4.69, 9.17) is 16.3 Å². The Morgan fingerprint density at radius 3 is 2.68 bits per heavy atom. The number of carbonyl (C=O) groups is 2. The first kappa shape index (κ1) is 20.7. The molecule has 1 saturated heterocycles. The lowest BCUT2D eigenvalue weighted by atomic mass is 10.0. The minimum Gasteiger partial charge on any atom is -0.480 e. The average Bonchev–Trinajstić information content (AvgIpc) is 3.28. The first-order chi connectivity index (χ1) is 14.9. The van der Waals surface area contributed by atoms with Gasteiger partial charge in [-0.05, 0) is 67.7 Å². The Bertz CT molecular complexity index is 1240. The molecule has 160 valence electrons. The number of imide groups is 1. The van der Waals surface area contributed by atoms with Gasteiger partial charge in [0.2, 0.25) is 5.88 Å². The topological polar surface area (TPSA) is 91.4 Å². The molecule has 3 aromatic rings. The van der Waals surface area contributed by atoms with E-state index in [9.17, 15) is 9.59 Å². The Kier molecular flexibility index (Phi) is 5.14. The molecule has 2 aliphatic heterocycles. The number of aromatic nitrogens is 3. The minimum absolute atomic E-state index is 0.109. The van der Waals surface area contributed by atoms with Gasteiger partial charge in [-0.1, -0.05) is 11.6 Å². The number of pyridine rings is 1. The number of aromatic amines is 1. The van der Waals surface area contributed by atoms with Crippen LogP contribution in [0.4, 0.5) is 0 Å². The van der Waals surface area contributed by atoms with Gasteiger partial charge in [0.15, 0.2) is 0 Å². The van der Waals surface area contributed by atoms with Crippen molar-refractivity contribution < 1.29 is 14.3 Å². The van der Waals surface area contributed by atoms with Crippen LogP contribution in [0, 0.1) is 3.57 Å². The Balaban J connectivity index is 1.60. The fraction of sp³-hybridized carbons (Fsp3) is 0.333. The summed E-state index contributed by atoms with van der Waals surface area (Å²) in [4.78, 5) is 42.1. The Morgan fingerprint density at radius 2 is 1.97 bits per heavy atom. The van der Waals surface area contributed by atoms with Crippen LogP contribution in [0.1, 0.15) is 33.6 Å². The van der Waals surface area contributed by atoms with Crippen LogP contribution in [0.25, 0.3) is 22.4 Å². The van der Waals surface area contributed by atoms with E-state index in [-0.39, 0.29) is 28.4 Å². The van der Waals surface area contributed by atoms with E-state index >= 15 is 0 Å². The number of carbonyl (C=O) groups excluding carboxylic acids is 2. The number of nitrogens with zero attached hydrogens (tertiary/aromatic N) is 4. The Morgan fingerprint density at radius 1 is 1.23 bits per heavy atom. The second-order valence-corrected chi connectivity index (χ2v) is 9.33. The van der Waals surface area contributed by atoms with Crippen molar-refractivity contribution in [3.05, 3.63) is 38.0 Å². The molecule has 10 heteroatoms. The lowest BCUT2D eigenvalue weighted by Gasteiger charge is -2.33. The van der Waals surface area contributed by atoms with Crippen LogP contribution in [0.3, 0.4) is 0 Å². The molecule has 8 nitrogen and oxygen atoms in total. The standard InChI is InChI=1S/C21H19ClIN5O3/c1-27-7-4-10(5-8-27)28-20(29)11-9-13-17(16(22)14(11)21(28)30)26-18(25-13)15-12(23)3-6-24-19(15)31-2/h3,6,9-10H,4-5,7-8H2,1-2H3,(H,25,26). The molecule has 0 unspecified atom stereocenters. The number of nitrogens with one attached hydrogen (secondary N) is 1. The highest BCUT2D eigenvalue weighted by molar-refractivity contribution is 14.1. The molecule has 1 fully saturated rings. The van der Waals surface area contributed by atoms with Gasteiger partial charge in [-0.2, -0.15) is 0 Å². The zero-order valence-electron chi connectivity index (χ0n) is 16.9. The molecule has 0 bridgehead atoms. The molecule has 1 aromatic carbocycles. The number of H-pyrrole nitrogens is 1. The van der Waals surface area contributed by atoms with Crippen molar-refractivity contribution >= 4 is 57.0 Å². The van der Waals surface area contributed by atoms with Crippen LogP contribution in [0.5, 0.6) is 5.88 Å². The summed E-state index contributed by atoms with van der Waals surface area (Å²) in [6.07, 6.45) is 3.18. The van der Waals surface area contributed by atoms with Crippen molar-refractivity contribution in [3.63, 3.8) is 0 Å². The van der Waals surface area contributed by atoms with E-state index in [1.807, 2.05) is 13.1 Å². The monoisotopic (exact) mass is 551 g/mol. The highest BCUT2D eigenvalue weighted by atomic mass is 127. The molecule has 31 heavy (non-hydrogen) atoms. The summed E-state index contributed by atoms with van der Waals surface area (Å²) in [5.41, 5.74) is 2.30. The summed E-state index contributed by atoms with van der Waals surface area (Å²) in [5.74, 6) is 0.319. The predicted molar refractivity (Wildman–Crippen MR) is 125 cm³/mol. The smallest absolute Gasteiger partial charge is 0.263 e. The number of piperidine rings is 1. The summed E-state index contributed by atoms with van der Waals surface area (Å²) < 4.78 is 6.28. The molecule has 4 heterocycles. The van der Waals surface area contributed by atoms with Gasteiger partial charge >= 0.3 is 0 Å². The second-order valence-electron chi connectivity index (χ2n) is 7.79. The minimum atomic E-state index is -0.334. The maximum Gasteiger partial charge on any atom is 0.263 e. The highest BCUT2D eigenvalue weighted by Gasteiger charge is 2.43. The molecule has 0 atom stereocenters. The van der Waals surface area contributed by atoms with E-state index in [0.717, 1.165) is 29.5 Å². The molecule has 5 rings (SSSR count). The molecular formula is C21H19ClIN5O3. The maximum atomic E-state index is 13.2. The molecular weight excluding hydrogens is 533 g/mol. The number of imidazole rings is 1. The van der Waals surface area contributed by atoms with Crippen LogP contribution in [0.15, 0.2) is 18.3 Å². The third kappa shape index (κ3) is 3.21. The zero-order chi connectivity index (χ0) is 21.9. The Labute approximate surface area is 197 Å². The fourth-order valence-electron chi connectivity index (χ4n) is 4.32. The number of ether oxygens (including phenoxy) is 1. The number of hydrogen-bond donors (Lipinski definition) is 1. The van der Waals surface area contributed by atoms with Crippen LogP contribution in [-0.4, -0.2) is 69.9 Å². The van der Waals surface area contributed by atoms with Crippen LogP contribution in [-0.2, 0) is 0 Å². The number of benzene rings is 1. The molecule has 0 saturated carbocycles. The normalized spacial score (nSPS) is 17.6. The number of likely N-dealkylation sites (tertiary alicyclic amines) is 1. The van der Waals surface area contributed by atoms with Crippen molar-refractivity contribution in [1.29, 1.82) is 0 Å². The maximum absolute atomic E-state index is 13.2. The summed E-state index contributed by atoms with van der Waals surface area (Å²) in [6.45, 7) is 1.70. The van der Waals surface area contributed by atoms with Crippen molar-refractivity contribution in [2.24, 2.45) is 0 Å². The molecule has 2 aromatic heterocycles. The molecule has 1 N–H and O–H groups in total. The number of hydrogen-bond acceptors (Lipinski definition) is 6. The van der Waals surface area contributed by atoms with Crippen LogP contribution < -0.4 is 4.74 Å². The summed E-state index contributed by atoms with van der Waals surface area (Å²) in [5, 5.41) is 0.196. The molecule has 0 aliphatic carbocycles. The van der Waals surface area contributed by atoms with Gasteiger partial charge in [-0.15, -0.1) is 0 Å². The summed E-state index contributed by atoms with van der Waals surface area (Å²) >= 11 is 8.83. The van der Waals surface area contributed by atoms with E-state index < -0.39 is 0 Å². The number of methoxy groups -OCH3 is 1. The predicted octanol–water partition coefficient (Wildman–Crippen LogP) is 3.58. The van der Waals surface area contributed by atoms with Crippen molar-refractivity contribution in [2.45, 2.75) is 18.9 Å². The van der Waals surface area contributed by atoms with Gasteiger partial charge in [-0.3, -0.25) is 14.5 Å². The first-order valence-electron chi connectivity index (χ1n) is 9.88. The van der Waals surface area contributed by atoms with E-state index in [0.29, 0.717) is 33.9 Å². The van der Waals surface area contributed by atoms with E-state index in [2.05, 4.69) is 42.4 Å². The first-order valence-corrected chi connectivity index (χ1v) is 11.3. The largest absolute Gasteiger partial charge is 0.480 e. The van der Waals surface area contributed by atoms with Gasteiger partial charge in [0, 0.05) is 15.8 Å². The lowest BCUT2D eigenvalue weighted by molar-refractivity contribution is 0.0516. The van der Waals surface area contributed by atoms with Crippen LogP contribution in [0.2, 0.25) is 5.02 Å². The number of fused-ring (bicyclic) bond motifs is 2. The van der Waals surface area contributed by atoms with Gasteiger partial charge < -0.3 is 14.6 Å². The van der Waals surface area contributed by atoms with Crippen molar-refractivity contribution in [3.8, 4) is 17.3 Å². The van der Waals surface area contributed by atoms with Crippen molar-refractivity contribution in [2.75, 3.05) is 27.2 Å². The SMILES string of the molecule is COc1nccc(I)c1-c1nc2c(Cl)c3c(cc2[nH]1)C(=O)N(C1CCN(C)CC1)C3=O. The zero-order valence-corrected chi connectivity index (χ0v) is 19.8. The number of rotatable bonds is 3. The highest BCUT2D eigenvalue weighted by Crippen LogP contribution is 2.39. The molecule has 2 amide bonds. The number of amides is 2. The van der Waals surface area contributed by atoms with Gasteiger partial charge in [0.1, 0.15) is 11.3 Å². The Hall–Kier alpha value is -2.24. The van der Waals surface area contributed by atoms with Crippen LogP contribution >= 0.6 is 34.2 Å². The van der Waals surface area contributed by atoms with Crippen molar-refractivity contribution in [1.82, 2.24) is 24.8 Å². The molecule has 0 radical (unpaired) electrons. The molecule has 0 spiro atoms. The van der Waals surface area contributed by atoms with E-state index in [1.54, 1.807) is 19.4 Å². The van der Waals surface area contributed by atoms with Gasteiger partial charge in [-0.25, -0.2) is 9.97 Å². The third-order valence-corrected chi connectivity index (χ3v) is 7.21. The average molecular weight is 552 g/mol. The molecule has 2 aliphatic rings. The number of halogens is 2. The van der Waals surface area contributed by atoms with Gasteiger partial charge in [0.25, 0.3) is 11.8 Å². The summed E-state index contributed by atoms with van der Waals surface area (Å²) in [6, 6.07) is 3.42. The van der Waals surface area contributed by atoms with E-state index in [1.165, 1.54) is 4.90 Å². The summed E-state index contributed by atoms with van der Waals surface area (Å²) in [7, 11) is 3.58. The third-order valence-electron chi connectivity index (χ3n) is 5.95. The lowest BCUT2D eigenvalue weighted by Crippen LogP contribution is -2.46. The van der Waals surface area contributed by atoms with Gasteiger partial charge in [0.05, 0.1) is 34.3 Å². The fourth-order valence-corrected chi connectivity index (χ4v) is 5.30. The second kappa shape index (κ2) is 7.72. The quantitative estimate of drug-likeness (QED) is 0.395.